The summed E-state index contributed by atoms with van der Waals surface area (Å²) in [6.07, 6.45) is 1.94. The molecule has 4 N–H and O–H groups in total. The first-order valence-electron chi connectivity index (χ1n) is 6.72. The van der Waals surface area contributed by atoms with Crippen LogP contribution in [0.5, 0.6) is 0 Å². The van der Waals surface area contributed by atoms with E-state index in [1.807, 2.05) is 0 Å². The molecule has 1 aliphatic carbocycles. The number of carbonyl (C=O) groups is 2. The first kappa shape index (κ1) is 15.4. The Balaban J connectivity index is 1.97. The van der Waals surface area contributed by atoms with Crippen molar-refractivity contribution in [3.8, 4) is 0 Å². The molecule has 0 atom stereocenters. The number of benzene rings is 1. The molecule has 0 bridgehead atoms. The molecule has 1 aliphatic rings. The molecule has 2 rings (SSSR count). The fourth-order valence-electron chi connectivity index (χ4n) is 1.94. The lowest BCUT2D eigenvalue weighted by Gasteiger charge is -2.14. The van der Waals surface area contributed by atoms with Crippen LogP contribution in [0.2, 0.25) is 5.02 Å². The van der Waals surface area contributed by atoms with Gasteiger partial charge in [-0.1, -0.05) is 11.6 Å². The van der Waals surface area contributed by atoms with Gasteiger partial charge < -0.3 is 21.1 Å². The number of nitrogens with two attached hydrogens (primary N) is 1. The molecule has 1 amide bonds. The Labute approximate surface area is 128 Å². The van der Waals surface area contributed by atoms with Crippen LogP contribution in [-0.4, -0.2) is 32.1 Å². The quantitative estimate of drug-likeness (QED) is 0.422. The molecule has 114 valence electrons. The SMILES string of the molecule is COC(=O)c1cc(N)cc(Cl)c1NCCNC(=O)C1CC1. The van der Waals surface area contributed by atoms with Gasteiger partial charge in [-0.05, 0) is 25.0 Å². The fraction of sp³-hybridized carbons (Fsp3) is 0.429. The molecule has 21 heavy (non-hydrogen) atoms. The normalized spacial score (nSPS) is 13.6. The molecular weight excluding hydrogens is 294 g/mol. The molecule has 0 radical (unpaired) electrons. The van der Waals surface area contributed by atoms with Gasteiger partial charge in [-0.15, -0.1) is 0 Å². The third-order valence-electron chi connectivity index (χ3n) is 3.19. The van der Waals surface area contributed by atoms with E-state index in [-0.39, 0.29) is 17.4 Å². The Hall–Kier alpha value is -1.95. The highest BCUT2D eigenvalue weighted by Gasteiger charge is 2.29. The maximum Gasteiger partial charge on any atom is 0.340 e. The van der Waals surface area contributed by atoms with Gasteiger partial charge in [0.25, 0.3) is 0 Å². The number of hydrogen-bond donors (Lipinski definition) is 3. The number of amides is 1. The van der Waals surface area contributed by atoms with Gasteiger partial charge in [0, 0.05) is 24.7 Å². The van der Waals surface area contributed by atoms with Crippen LogP contribution in [-0.2, 0) is 9.53 Å². The van der Waals surface area contributed by atoms with Crippen LogP contribution in [0.15, 0.2) is 12.1 Å². The van der Waals surface area contributed by atoms with Crippen LogP contribution in [0, 0.1) is 5.92 Å². The zero-order valence-electron chi connectivity index (χ0n) is 11.7. The number of nitrogen functional groups attached to an aromatic ring is 1. The lowest BCUT2D eigenvalue weighted by Crippen LogP contribution is -2.30. The average Bonchev–Trinajstić information content (AvgIpc) is 3.28. The van der Waals surface area contributed by atoms with Crippen LogP contribution in [0.4, 0.5) is 11.4 Å². The molecule has 1 saturated carbocycles. The zero-order chi connectivity index (χ0) is 15.4. The molecule has 0 aromatic heterocycles. The molecule has 6 nitrogen and oxygen atoms in total. The van der Waals surface area contributed by atoms with E-state index in [1.165, 1.54) is 13.2 Å². The predicted molar refractivity (Wildman–Crippen MR) is 81.4 cm³/mol. The van der Waals surface area contributed by atoms with Crippen LogP contribution < -0.4 is 16.4 Å². The Bertz CT molecular complexity index is 559. The number of halogens is 1. The molecule has 0 aliphatic heterocycles. The Morgan fingerprint density at radius 2 is 2.10 bits per heavy atom. The lowest BCUT2D eigenvalue weighted by molar-refractivity contribution is -0.122. The van der Waals surface area contributed by atoms with Gasteiger partial charge in [0.05, 0.1) is 23.4 Å². The number of nitrogens with one attached hydrogen (secondary N) is 2. The van der Waals surface area contributed by atoms with Gasteiger partial charge in [0.1, 0.15) is 0 Å². The molecule has 7 heteroatoms. The number of anilines is 2. The number of methoxy groups -OCH3 is 1. The van der Waals surface area contributed by atoms with Crippen LogP contribution >= 0.6 is 11.6 Å². The maximum atomic E-state index is 11.7. The molecule has 0 saturated heterocycles. The molecule has 0 spiro atoms. The monoisotopic (exact) mass is 311 g/mol. The fourth-order valence-corrected chi connectivity index (χ4v) is 2.24. The standard InChI is InChI=1S/C14H18ClN3O3/c1-21-14(20)10-6-9(16)7-11(15)12(10)17-4-5-18-13(19)8-2-3-8/h6-8,17H,2-5,16H2,1H3,(H,18,19). The number of esters is 1. The molecular formula is C14H18ClN3O3. The van der Waals surface area contributed by atoms with E-state index in [1.54, 1.807) is 6.07 Å². The molecule has 1 aromatic carbocycles. The molecule has 0 unspecified atom stereocenters. The van der Waals surface area contributed by atoms with Crippen molar-refractivity contribution in [1.82, 2.24) is 5.32 Å². The van der Waals surface area contributed by atoms with Gasteiger partial charge in [0.2, 0.25) is 5.91 Å². The van der Waals surface area contributed by atoms with E-state index in [2.05, 4.69) is 10.6 Å². The summed E-state index contributed by atoms with van der Waals surface area (Å²) in [5, 5.41) is 6.20. The Morgan fingerprint density at radius 1 is 1.38 bits per heavy atom. The van der Waals surface area contributed by atoms with Crippen molar-refractivity contribution in [2.45, 2.75) is 12.8 Å². The molecule has 1 fully saturated rings. The van der Waals surface area contributed by atoms with Crippen LogP contribution in [0.1, 0.15) is 23.2 Å². The van der Waals surface area contributed by atoms with Crippen molar-refractivity contribution < 1.29 is 14.3 Å². The van der Waals surface area contributed by atoms with E-state index in [0.29, 0.717) is 29.5 Å². The van der Waals surface area contributed by atoms with Crippen molar-refractivity contribution in [2.24, 2.45) is 5.92 Å². The van der Waals surface area contributed by atoms with Crippen molar-refractivity contribution in [3.63, 3.8) is 0 Å². The van der Waals surface area contributed by atoms with E-state index >= 15 is 0 Å². The van der Waals surface area contributed by atoms with E-state index in [0.717, 1.165) is 12.8 Å². The predicted octanol–water partition coefficient (Wildman–Crippen LogP) is 1.65. The van der Waals surface area contributed by atoms with Crippen molar-refractivity contribution >= 4 is 34.9 Å². The average molecular weight is 312 g/mol. The number of carbonyl (C=O) groups excluding carboxylic acids is 2. The minimum Gasteiger partial charge on any atom is -0.465 e. The van der Waals surface area contributed by atoms with Gasteiger partial charge in [-0.25, -0.2) is 4.79 Å². The van der Waals surface area contributed by atoms with Crippen LogP contribution in [0.25, 0.3) is 0 Å². The van der Waals surface area contributed by atoms with E-state index < -0.39 is 5.97 Å². The van der Waals surface area contributed by atoms with Gasteiger partial charge in [0.15, 0.2) is 0 Å². The second kappa shape index (κ2) is 6.67. The zero-order valence-corrected chi connectivity index (χ0v) is 12.5. The molecule has 0 heterocycles. The maximum absolute atomic E-state index is 11.7. The highest BCUT2D eigenvalue weighted by Crippen LogP contribution is 2.30. The lowest BCUT2D eigenvalue weighted by atomic mass is 10.1. The van der Waals surface area contributed by atoms with Gasteiger partial charge >= 0.3 is 5.97 Å². The third-order valence-corrected chi connectivity index (χ3v) is 3.49. The third kappa shape index (κ3) is 4.01. The number of ether oxygens (including phenoxy) is 1. The van der Waals surface area contributed by atoms with Gasteiger partial charge in [-0.2, -0.15) is 0 Å². The number of hydrogen-bond acceptors (Lipinski definition) is 5. The summed E-state index contributed by atoms with van der Waals surface area (Å²) in [6.45, 7) is 0.905. The highest BCUT2D eigenvalue weighted by molar-refractivity contribution is 6.34. The Kier molecular flexibility index (Phi) is 4.90. The largest absolute Gasteiger partial charge is 0.465 e. The summed E-state index contributed by atoms with van der Waals surface area (Å²) < 4.78 is 4.71. The Morgan fingerprint density at radius 3 is 2.71 bits per heavy atom. The first-order chi connectivity index (χ1) is 10.0. The van der Waals surface area contributed by atoms with Crippen LogP contribution in [0.3, 0.4) is 0 Å². The molecule has 1 aromatic rings. The summed E-state index contributed by atoms with van der Waals surface area (Å²) in [6, 6.07) is 3.06. The number of rotatable bonds is 6. The van der Waals surface area contributed by atoms with E-state index in [4.69, 9.17) is 22.1 Å². The minimum atomic E-state index is -0.520. The first-order valence-corrected chi connectivity index (χ1v) is 7.09. The minimum absolute atomic E-state index is 0.0772. The van der Waals surface area contributed by atoms with Crippen molar-refractivity contribution in [3.05, 3.63) is 22.7 Å². The topological polar surface area (TPSA) is 93.4 Å². The summed E-state index contributed by atoms with van der Waals surface area (Å²) in [7, 11) is 1.29. The van der Waals surface area contributed by atoms with Crippen molar-refractivity contribution in [2.75, 3.05) is 31.2 Å². The summed E-state index contributed by atoms with van der Waals surface area (Å²) in [5.74, 6) is -0.266. The van der Waals surface area contributed by atoms with Gasteiger partial charge in [-0.3, -0.25) is 4.79 Å². The smallest absolute Gasteiger partial charge is 0.340 e. The highest BCUT2D eigenvalue weighted by atomic mass is 35.5. The second-order valence-corrected chi connectivity index (χ2v) is 5.32. The van der Waals surface area contributed by atoms with E-state index in [9.17, 15) is 9.59 Å². The second-order valence-electron chi connectivity index (χ2n) is 4.91. The summed E-state index contributed by atoms with van der Waals surface area (Å²) >= 11 is 6.10. The summed E-state index contributed by atoms with van der Waals surface area (Å²) in [5.41, 5.74) is 6.79. The summed E-state index contributed by atoms with van der Waals surface area (Å²) in [4.78, 5) is 23.2. The van der Waals surface area contributed by atoms with Crippen molar-refractivity contribution in [1.29, 1.82) is 0 Å².